The highest BCUT2D eigenvalue weighted by atomic mass is 16.5. The normalized spacial score (nSPS) is 13.0. The predicted molar refractivity (Wildman–Crippen MR) is 177 cm³/mol. The van der Waals surface area contributed by atoms with E-state index in [0.717, 1.165) is 0 Å². The van der Waals surface area contributed by atoms with E-state index in [2.05, 4.69) is 20.5 Å². The Morgan fingerprint density at radius 1 is 0.826 bits per heavy atom. The number of nitrogens with zero attached hydrogens (tertiary/aromatic N) is 5. The number of benzene rings is 3. The summed E-state index contributed by atoms with van der Waals surface area (Å²) < 4.78 is 11.2. The summed E-state index contributed by atoms with van der Waals surface area (Å²) in [7, 11) is 1.84. The molecule has 0 aliphatic carbocycles. The third-order valence-corrected chi connectivity index (χ3v) is 7.25. The molecule has 1 unspecified atom stereocenters. The van der Waals surface area contributed by atoms with Crippen LogP contribution in [0.5, 0.6) is 11.5 Å². The van der Waals surface area contributed by atoms with Crippen molar-refractivity contribution in [2.75, 3.05) is 26.7 Å². The number of azo groups is 2. The molecule has 0 bridgehead atoms. The number of rotatable bonds is 13. The zero-order valence-electron chi connectivity index (χ0n) is 27.9. The number of carbonyl (C=O) groups excluding carboxylic acids is 2. The summed E-state index contributed by atoms with van der Waals surface area (Å²) in [6.45, 7) is 14.3. The molecule has 3 rings (SSSR count). The average molecular weight is 632 g/mol. The molecule has 0 aromatic heterocycles. The van der Waals surface area contributed by atoms with Crippen molar-refractivity contribution in [3.63, 3.8) is 0 Å². The van der Waals surface area contributed by atoms with E-state index in [1.807, 2.05) is 53.5 Å². The van der Waals surface area contributed by atoms with E-state index in [1.165, 1.54) is 12.1 Å². The Morgan fingerprint density at radius 2 is 1.39 bits per heavy atom. The molecule has 0 spiro atoms. The first-order valence-electron chi connectivity index (χ1n) is 15.3. The molecule has 0 fully saturated rings. The number of hydrogen-bond donors (Lipinski definition) is 2. The molecular formula is C35H45N5O6. The third kappa shape index (κ3) is 9.93. The average Bonchev–Trinajstić information content (AvgIpc) is 2.99. The summed E-state index contributed by atoms with van der Waals surface area (Å²) in [6, 6.07) is 16.5. The van der Waals surface area contributed by atoms with E-state index >= 15 is 0 Å². The SMILES string of the molecule is CCC(C)(C)c1c(O)ccc(N=Nc2ccccc2C(=O)OC(C)CN(C)CCOC(=O)c2ccccc2N=NC(C)(C)C)c1O. The fourth-order valence-corrected chi connectivity index (χ4v) is 4.46. The summed E-state index contributed by atoms with van der Waals surface area (Å²) in [4.78, 5) is 27.7. The highest BCUT2D eigenvalue weighted by Crippen LogP contribution is 2.45. The first kappa shape index (κ1) is 35.8. The lowest BCUT2D eigenvalue weighted by atomic mass is 9.81. The van der Waals surface area contributed by atoms with Crippen LogP contribution in [0.3, 0.4) is 0 Å². The van der Waals surface area contributed by atoms with Gasteiger partial charge in [0, 0.05) is 18.7 Å². The van der Waals surface area contributed by atoms with Crippen molar-refractivity contribution in [3.8, 4) is 11.5 Å². The van der Waals surface area contributed by atoms with Crippen LogP contribution in [0, 0.1) is 0 Å². The minimum absolute atomic E-state index is 0.0198. The van der Waals surface area contributed by atoms with Crippen LogP contribution in [0.2, 0.25) is 0 Å². The molecule has 0 aliphatic heterocycles. The first-order chi connectivity index (χ1) is 21.6. The van der Waals surface area contributed by atoms with Gasteiger partial charge < -0.3 is 19.7 Å². The molecule has 0 heterocycles. The van der Waals surface area contributed by atoms with Gasteiger partial charge in [-0.2, -0.15) is 10.2 Å². The van der Waals surface area contributed by atoms with E-state index in [0.29, 0.717) is 36.3 Å². The predicted octanol–water partition coefficient (Wildman–Crippen LogP) is 8.42. The van der Waals surface area contributed by atoms with Crippen LogP contribution in [0.4, 0.5) is 17.1 Å². The molecule has 0 saturated carbocycles. The van der Waals surface area contributed by atoms with Gasteiger partial charge in [-0.15, -0.1) is 10.2 Å². The number of phenolic OH excluding ortho intramolecular Hbond substituents is 2. The summed E-state index contributed by atoms with van der Waals surface area (Å²) in [5.74, 6) is -1.25. The minimum atomic E-state index is -0.578. The van der Waals surface area contributed by atoms with Crippen molar-refractivity contribution in [1.29, 1.82) is 0 Å². The lowest BCUT2D eigenvalue weighted by Crippen LogP contribution is -2.33. The summed E-state index contributed by atoms with van der Waals surface area (Å²) >= 11 is 0. The third-order valence-electron chi connectivity index (χ3n) is 7.25. The van der Waals surface area contributed by atoms with Crippen molar-refractivity contribution < 1.29 is 29.3 Å². The van der Waals surface area contributed by atoms with Gasteiger partial charge in [-0.1, -0.05) is 45.0 Å². The van der Waals surface area contributed by atoms with Crippen molar-refractivity contribution >= 4 is 29.0 Å². The second-order valence-corrected chi connectivity index (χ2v) is 12.8. The van der Waals surface area contributed by atoms with Crippen LogP contribution in [-0.4, -0.2) is 65.4 Å². The minimum Gasteiger partial charge on any atom is -0.508 e. The molecule has 0 aliphatic rings. The second kappa shape index (κ2) is 15.6. The van der Waals surface area contributed by atoms with E-state index < -0.39 is 23.5 Å². The Kier molecular flexibility index (Phi) is 12.1. The quantitative estimate of drug-likeness (QED) is 0.142. The Labute approximate surface area is 271 Å². The number of phenols is 2. The van der Waals surface area contributed by atoms with Gasteiger partial charge in [0.25, 0.3) is 0 Å². The van der Waals surface area contributed by atoms with Gasteiger partial charge in [-0.05, 0) is 83.0 Å². The zero-order chi connectivity index (χ0) is 34.1. The molecule has 11 heteroatoms. The van der Waals surface area contributed by atoms with Crippen LogP contribution in [0.15, 0.2) is 81.1 Å². The van der Waals surface area contributed by atoms with Gasteiger partial charge in [0.05, 0.1) is 22.4 Å². The summed E-state index contributed by atoms with van der Waals surface area (Å²) in [5.41, 5.74) is 0.958. The lowest BCUT2D eigenvalue weighted by Gasteiger charge is -2.25. The topological polar surface area (TPSA) is 146 Å². The van der Waals surface area contributed by atoms with Crippen LogP contribution in [-0.2, 0) is 14.9 Å². The number of esters is 2. The molecule has 0 radical (unpaired) electrons. The van der Waals surface area contributed by atoms with Crippen molar-refractivity contribution in [1.82, 2.24) is 4.90 Å². The Bertz CT molecular complexity index is 1580. The summed E-state index contributed by atoms with van der Waals surface area (Å²) in [6.07, 6.45) is 0.193. The maximum Gasteiger partial charge on any atom is 0.340 e. The fourth-order valence-electron chi connectivity index (χ4n) is 4.46. The smallest absolute Gasteiger partial charge is 0.340 e. The highest BCUT2D eigenvalue weighted by molar-refractivity contribution is 5.95. The molecule has 246 valence electrons. The monoisotopic (exact) mass is 631 g/mol. The Morgan fingerprint density at radius 3 is 2.00 bits per heavy atom. The van der Waals surface area contributed by atoms with Gasteiger partial charge in [0.2, 0.25) is 0 Å². The number of ether oxygens (including phenoxy) is 2. The van der Waals surface area contributed by atoms with Crippen LogP contribution in [0.1, 0.15) is 81.2 Å². The first-order valence-corrected chi connectivity index (χ1v) is 15.3. The molecular weight excluding hydrogens is 586 g/mol. The molecule has 3 aromatic rings. The summed E-state index contributed by atoms with van der Waals surface area (Å²) in [5, 5.41) is 38.1. The number of aromatic hydroxyl groups is 2. The molecule has 2 N–H and O–H groups in total. The fraction of sp³-hybridized carbons (Fsp3) is 0.429. The van der Waals surface area contributed by atoms with E-state index in [-0.39, 0.29) is 40.6 Å². The second-order valence-electron chi connectivity index (χ2n) is 12.8. The molecule has 1 atom stereocenters. The molecule has 11 nitrogen and oxygen atoms in total. The van der Waals surface area contributed by atoms with Crippen molar-refractivity contribution in [2.24, 2.45) is 20.5 Å². The largest absolute Gasteiger partial charge is 0.508 e. The molecule has 0 amide bonds. The lowest BCUT2D eigenvalue weighted by molar-refractivity contribution is 0.0245. The maximum absolute atomic E-state index is 13.1. The number of likely N-dealkylation sites (N-methyl/N-ethyl adjacent to an activating group) is 1. The standard InChI is InChI=1S/C35H45N5O6/c1-9-35(6,7)30-29(41)19-18-28(31(30)42)37-36-26-16-12-11-15-25(26)33(44)46-23(2)22-40(8)20-21-45-32(43)24-14-10-13-17-27(24)38-39-34(3,4)5/h10-19,23,41-42H,9,20-22H2,1-8H3. The van der Waals surface area contributed by atoms with Crippen molar-refractivity contribution in [2.45, 2.75) is 71.9 Å². The van der Waals surface area contributed by atoms with Gasteiger partial charge in [0.1, 0.15) is 29.8 Å². The van der Waals surface area contributed by atoms with Gasteiger partial charge in [0.15, 0.2) is 5.75 Å². The Hall–Kier alpha value is -4.64. The molecule has 0 saturated heterocycles. The van der Waals surface area contributed by atoms with Crippen LogP contribution in [0.25, 0.3) is 0 Å². The van der Waals surface area contributed by atoms with Crippen LogP contribution >= 0.6 is 0 Å². The number of carbonyl (C=O) groups is 2. The van der Waals surface area contributed by atoms with E-state index in [9.17, 15) is 19.8 Å². The maximum atomic E-state index is 13.1. The van der Waals surface area contributed by atoms with Gasteiger partial charge in [-0.3, -0.25) is 4.90 Å². The van der Waals surface area contributed by atoms with E-state index in [4.69, 9.17) is 9.47 Å². The van der Waals surface area contributed by atoms with E-state index in [1.54, 1.807) is 55.5 Å². The van der Waals surface area contributed by atoms with Gasteiger partial charge in [-0.25, -0.2) is 9.59 Å². The number of hydrogen-bond acceptors (Lipinski definition) is 11. The Balaban J connectivity index is 1.59. The van der Waals surface area contributed by atoms with Crippen molar-refractivity contribution in [3.05, 3.63) is 77.4 Å². The van der Waals surface area contributed by atoms with Gasteiger partial charge >= 0.3 is 11.9 Å². The zero-order valence-corrected chi connectivity index (χ0v) is 27.9. The van der Waals surface area contributed by atoms with Crippen LogP contribution < -0.4 is 0 Å². The molecule has 46 heavy (non-hydrogen) atoms. The highest BCUT2D eigenvalue weighted by Gasteiger charge is 2.27. The molecule has 3 aromatic carbocycles.